The fraction of sp³-hybridized carbons (Fsp3) is 0.500. The van der Waals surface area contributed by atoms with Crippen molar-refractivity contribution in [2.75, 3.05) is 18.4 Å². The zero-order chi connectivity index (χ0) is 13.0. The van der Waals surface area contributed by atoms with Crippen LogP contribution in [0.1, 0.15) is 12.8 Å². The van der Waals surface area contributed by atoms with E-state index in [4.69, 9.17) is 5.11 Å². The lowest BCUT2D eigenvalue weighted by molar-refractivity contribution is -0.137. The van der Waals surface area contributed by atoms with Crippen molar-refractivity contribution in [3.8, 4) is 0 Å². The summed E-state index contributed by atoms with van der Waals surface area (Å²) in [7, 11) is 0. The van der Waals surface area contributed by atoms with Crippen LogP contribution in [0.25, 0.3) is 0 Å². The van der Waals surface area contributed by atoms with E-state index in [1.807, 2.05) is 0 Å². The Bertz CT molecular complexity index is 434. The molecule has 0 aliphatic heterocycles. The molecular weight excluding hydrogens is 238 g/mol. The van der Waals surface area contributed by atoms with Crippen molar-refractivity contribution in [2.24, 2.45) is 5.92 Å². The summed E-state index contributed by atoms with van der Waals surface area (Å²) >= 11 is 0. The second kappa shape index (κ2) is 5.39. The Hall–Kier alpha value is -2.25. The van der Waals surface area contributed by atoms with Gasteiger partial charge < -0.3 is 10.0 Å². The van der Waals surface area contributed by atoms with Gasteiger partial charge in [0.05, 0.1) is 12.4 Å². The first-order chi connectivity index (χ1) is 8.65. The molecule has 0 aromatic carbocycles. The second-order valence-corrected chi connectivity index (χ2v) is 4.11. The van der Waals surface area contributed by atoms with Gasteiger partial charge in [0.2, 0.25) is 0 Å². The maximum absolute atomic E-state index is 11.9. The van der Waals surface area contributed by atoms with Gasteiger partial charge >= 0.3 is 12.0 Å². The molecule has 8 nitrogen and oxygen atoms in total. The number of carbonyl (C=O) groups is 2. The van der Waals surface area contributed by atoms with Crippen LogP contribution in [0.15, 0.2) is 12.4 Å². The number of hydrogen-bond donors (Lipinski definition) is 2. The number of carboxylic acids is 1. The molecule has 96 valence electrons. The van der Waals surface area contributed by atoms with E-state index < -0.39 is 12.0 Å². The van der Waals surface area contributed by atoms with E-state index in [-0.39, 0.29) is 12.5 Å². The van der Waals surface area contributed by atoms with E-state index >= 15 is 0 Å². The van der Waals surface area contributed by atoms with Crippen molar-refractivity contribution in [2.45, 2.75) is 12.8 Å². The monoisotopic (exact) mass is 251 g/mol. The van der Waals surface area contributed by atoms with Gasteiger partial charge in [0.1, 0.15) is 6.54 Å². The summed E-state index contributed by atoms with van der Waals surface area (Å²) < 4.78 is 0. The Kier molecular flexibility index (Phi) is 3.66. The summed E-state index contributed by atoms with van der Waals surface area (Å²) in [5, 5.41) is 18.4. The molecule has 2 amide bonds. The third kappa shape index (κ3) is 3.65. The molecule has 1 aliphatic carbocycles. The number of hydrogen-bond acceptors (Lipinski definition) is 5. The fourth-order valence-electron chi connectivity index (χ4n) is 1.47. The van der Waals surface area contributed by atoms with Gasteiger partial charge in [-0.05, 0) is 18.8 Å². The number of anilines is 1. The van der Waals surface area contributed by atoms with Gasteiger partial charge in [-0.1, -0.05) is 0 Å². The number of aromatic nitrogens is 3. The first-order valence-electron chi connectivity index (χ1n) is 5.56. The highest BCUT2D eigenvalue weighted by atomic mass is 16.4. The van der Waals surface area contributed by atoms with Crippen LogP contribution in [-0.4, -0.2) is 50.3 Å². The number of carboxylic acid groups (broad SMARTS) is 1. The number of nitrogens with zero attached hydrogens (tertiary/aromatic N) is 4. The Balaban J connectivity index is 1.95. The lowest BCUT2D eigenvalue weighted by atomic mass is 10.4. The minimum atomic E-state index is -1.04. The van der Waals surface area contributed by atoms with Gasteiger partial charge in [-0.2, -0.15) is 5.10 Å². The fourth-order valence-corrected chi connectivity index (χ4v) is 1.47. The molecule has 1 fully saturated rings. The van der Waals surface area contributed by atoms with Crippen LogP contribution < -0.4 is 5.32 Å². The summed E-state index contributed by atoms with van der Waals surface area (Å²) in [6, 6.07) is -0.516. The van der Waals surface area contributed by atoms with Crippen molar-refractivity contribution < 1.29 is 14.7 Å². The summed E-state index contributed by atoms with van der Waals surface area (Å²) in [6.07, 6.45) is 4.85. The number of amides is 2. The van der Waals surface area contributed by atoms with E-state index in [1.54, 1.807) is 0 Å². The Morgan fingerprint density at radius 1 is 1.44 bits per heavy atom. The Morgan fingerprint density at radius 2 is 2.22 bits per heavy atom. The van der Waals surface area contributed by atoms with Gasteiger partial charge in [0.15, 0.2) is 0 Å². The normalized spacial score (nSPS) is 14.0. The third-order valence-corrected chi connectivity index (χ3v) is 2.49. The summed E-state index contributed by atoms with van der Waals surface area (Å²) in [5.74, 6) is -0.573. The molecule has 1 saturated carbocycles. The van der Waals surface area contributed by atoms with E-state index in [9.17, 15) is 9.59 Å². The van der Waals surface area contributed by atoms with Crippen LogP contribution in [0, 0.1) is 5.92 Å². The van der Waals surface area contributed by atoms with Crippen LogP contribution in [0.2, 0.25) is 0 Å². The Morgan fingerprint density at radius 3 is 2.78 bits per heavy atom. The number of nitrogens with one attached hydrogen (secondary N) is 1. The zero-order valence-electron chi connectivity index (χ0n) is 9.61. The molecule has 0 bridgehead atoms. The van der Waals surface area contributed by atoms with Crippen LogP contribution in [0.3, 0.4) is 0 Å². The molecule has 8 heteroatoms. The molecule has 1 aromatic rings. The minimum Gasteiger partial charge on any atom is -0.480 e. The minimum absolute atomic E-state index is 0.0636. The third-order valence-electron chi connectivity index (χ3n) is 2.49. The van der Waals surface area contributed by atoms with Gasteiger partial charge in [-0.3, -0.25) is 10.1 Å². The number of rotatable bonds is 5. The molecule has 0 spiro atoms. The molecule has 1 aromatic heterocycles. The highest BCUT2D eigenvalue weighted by Crippen LogP contribution is 2.29. The molecule has 0 saturated heterocycles. The molecule has 2 rings (SSSR count). The summed E-state index contributed by atoms with van der Waals surface area (Å²) in [4.78, 5) is 27.6. The first-order valence-corrected chi connectivity index (χ1v) is 5.56. The van der Waals surface area contributed by atoms with Crippen molar-refractivity contribution in [3.63, 3.8) is 0 Å². The average Bonchev–Trinajstić information content (AvgIpc) is 3.13. The quantitative estimate of drug-likeness (QED) is 0.773. The zero-order valence-corrected chi connectivity index (χ0v) is 9.61. The van der Waals surface area contributed by atoms with E-state index in [1.165, 1.54) is 17.3 Å². The lowest BCUT2D eigenvalue weighted by Crippen LogP contribution is -2.40. The average molecular weight is 251 g/mol. The first kappa shape index (κ1) is 12.2. The second-order valence-electron chi connectivity index (χ2n) is 4.11. The molecule has 2 N–H and O–H groups in total. The smallest absolute Gasteiger partial charge is 0.324 e. The van der Waals surface area contributed by atoms with Crippen LogP contribution in [-0.2, 0) is 4.79 Å². The highest BCUT2D eigenvalue weighted by Gasteiger charge is 2.28. The van der Waals surface area contributed by atoms with E-state index in [0.717, 1.165) is 12.8 Å². The predicted octanol–water partition coefficient (Wildman–Crippen LogP) is 0.200. The van der Waals surface area contributed by atoms with Crippen molar-refractivity contribution in [3.05, 3.63) is 12.4 Å². The predicted molar refractivity (Wildman–Crippen MR) is 60.8 cm³/mol. The molecule has 1 aliphatic rings. The number of carbonyl (C=O) groups excluding carboxylic acids is 1. The van der Waals surface area contributed by atoms with Crippen molar-refractivity contribution in [1.82, 2.24) is 20.1 Å². The lowest BCUT2D eigenvalue weighted by Gasteiger charge is -2.20. The van der Waals surface area contributed by atoms with Gasteiger partial charge in [-0.15, -0.1) is 5.10 Å². The molecule has 0 atom stereocenters. The maximum Gasteiger partial charge on any atom is 0.324 e. The van der Waals surface area contributed by atoms with E-state index in [0.29, 0.717) is 12.5 Å². The molecule has 1 heterocycles. The van der Waals surface area contributed by atoms with Gasteiger partial charge in [0, 0.05) is 6.54 Å². The Labute approximate surface area is 103 Å². The van der Waals surface area contributed by atoms with Crippen LogP contribution in [0.5, 0.6) is 0 Å². The standard InChI is InChI=1S/C10H13N5O3/c16-8(17)6-15(5-7-1-2-7)10(18)13-9-11-3-4-12-14-9/h3-4,7H,1-2,5-6H2,(H,16,17)(H,11,13,14,18). The SMILES string of the molecule is O=C(O)CN(CC1CC1)C(=O)Nc1nccnn1. The largest absolute Gasteiger partial charge is 0.480 e. The topological polar surface area (TPSA) is 108 Å². The molecular formula is C10H13N5O3. The molecule has 0 radical (unpaired) electrons. The van der Waals surface area contributed by atoms with Gasteiger partial charge in [0.25, 0.3) is 5.95 Å². The molecule has 0 unspecified atom stereocenters. The number of aliphatic carboxylic acids is 1. The summed E-state index contributed by atoms with van der Waals surface area (Å²) in [5.41, 5.74) is 0. The highest BCUT2D eigenvalue weighted by molar-refractivity contribution is 5.89. The van der Waals surface area contributed by atoms with E-state index in [2.05, 4.69) is 20.5 Å². The van der Waals surface area contributed by atoms with Crippen molar-refractivity contribution in [1.29, 1.82) is 0 Å². The van der Waals surface area contributed by atoms with Gasteiger partial charge in [-0.25, -0.2) is 9.78 Å². The van der Waals surface area contributed by atoms with Crippen LogP contribution >= 0.6 is 0 Å². The van der Waals surface area contributed by atoms with Crippen molar-refractivity contribution >= 4 is 17.9 Å². The molecule has 18 heavy (non-hydrogen) atoms. The number of urea groups is 1. The summed E-state index contributed by atoms with van der Waals surface area (Å²) in [6.45, 7) is 0.112. The van der Waals surface area contributed by atoms with Crippen LogP contribution in [0.4, 0.5) is 10.7 Å². The maximum atomic E-state index is 11.9.